The predicted octanol–water partition coefficient (Wildman–Crippen LogP) is 6.26. The first-order valence-corrected chi connectivity index (χ1v) is 11.0. The van der Waals surface area contributed by atoms with E-state index in [0.717, 1.165) is 36.6 Å². The number of nitrogens with one attached hydrogen (secondary N) is 1. The average Bonchev–Trinajstić information content (AvgIpc) is 2.63. The van der Waals surface area contributed by atoms with Crippen molar-refractivity contribution in [1.29, 1.82) is 0 Å². The summed E-state index contributed by atoms with van der Waals surface area (Å²) in [6.07, 6.45) is 18.5. The van der Waals surface area contributed by atoms with Gasteiger partial charge in [0.25, 0.3) is 0 Å². The Morgan fingerprint density at radius 1 is 0.880 bits per heavy atom. The molecule has 0 aromatic heterocycles. The molecule has 0 heterocycles. The molecule has 2 aliphatic carbocycles. The molecule has 2 aliphatic rings. The van der Waals surface area contributed by atoms with Gasteiger partial charge in [-0.15, -0.1) is 0 Å². The third-order valence-electron chi connectivity index (χ3n) is 6.89. The maximum Gasteiger partial charge on any atom is 0.246 e. The largest absolute Gasteiger partial charge is 0.352 e. The molecule has 0 unspecified atom stereocenters. The fraction of sp³-hybridized carbons (Fsp3) is 0.870. The van der Waals surface area contributed by atoms with Crippen molar-refractivity contribution in [3.05, 3.63) is 12.2 Å². The maximum atomic E-state index is 11.5. The molecule has 0 aromatic rings. The second-order valence-electron chi connectivity index (χ2n) is 8.88. The molecule has 0 atom stereocenters. The van der Waals surface area contributed by atoms with Gasteiger partial charge >= 0.3 is 0 Å². The summed E-state index contributed by atoms with van der Waals surface area (Å²) < 4.78 is 0. The maximum absolute atomic E-state index is 11.5. The SMILES string of the molecule is C=C(C)C(=O)NCCC1CCC(C2CCC(CCCCC)CC2)CC1. The van der Waals surface area contributed by atoms with E-state index < -0.39 is 0 Å². The lowest BCUT2D eigenvalue weighted by Crippen LogP contribution is -2.29. The van der Waals surface area contributed by atoms with Crippen molar-refractivity contribution >= 4 is 5.91 Å². The van der Waals surface area contributed by atoms with Crippen molar-refractivity contribution in [3.63, 3.8) is 0 Å². The minimum absolute atomic E-state index is 0.0179. The number of amides is 1. The smallest absolute Gasteiger partial charge is 0.246 e. The van der Waals surface area contributed by atoms with Gasteiger partial charge in [0.05, 0.1) is 0 Å². The lowest BCUT2D eigenvalue weighted by molar-refractivity contribution is -0.117. The Labute approximate surface area is 156 Å². The van der Waals surface area contributed by atoms with Crippen LogP contribution < -0.4 is 5.32 Å². The standard InChI is InChI=1S/C23H41NO/c1-4-5-6-7-19-8-12-21(13-9-19)22-14-10-20(11-15-22)16-17-24-23(25)18(2)3/h19-22H,2,4-17H2,1,3H3,(H,24,25). The van der Waals surface area contributed by atoms with Crippen molar-refractivity contribution in [1.82, 2.24) is 5.32 Å². The van der Waals surface area contributed by atoms with E-state index in [1.54, 1.807) is 6.92 Å². The molecular formula is C23H41NO. The van der Waals surface area contributed by atoms with E-state index in [1.165, 1.54) is 77.0 Å². The molecule has 2 fully saturated rings. The van der Waals surface area contributed by atoms with Gasteiger partial charge in [0.2, 0.25) is 5.91 Å². The second kappa shape index (κ2) is 11.0. The van der Waals surface area contributed by atoms with E-state index in [1.807, 2.05) is 0 Å². The molecule has 0 aromatic carbocycles. The van der Waals surface area contributed by atoms with Gasteiger partial charge in [-0.05, 0) is 62.7 Å². The van der Waals surface area contributed by atoms with Gasteiger partial charge in [0, 0.05) is 12.1 Å². The third-order valence-corrected chi connectivity index (χ3v) is 6.89. The molecule has 0 radical (unpaired) electrons. The molecule has 0 aliphatic heterocycles. The van der Waals surface area contributed by atoms with Gasteiger partial charge in [0.1, 0.15) is 0 Å². The van der Waals surface area contributed by atoms with Crippen LogP contribution >= 0.6 is 0 Å². The summed E-state index contributed by atoms with van der Waals surface area (Å²) in [6, 6.07) is 0. The lowest BCUT2D eigenvalue weighted by atomic mass is 9.68. The highest BCUT2D eigenvalue weighted by molar-refractivity contribution is 5.91. The summed E-state index contributed by atoms with van der Waals surface area (Å²) in [7, 11) is 0. The molecule has 0 spiro atoms. The van der Waals surface area contributed by atoms with Crippen LogP contribution in [0.5, 0.6) is 0 Å². The Kier molecular flexibility index (Phi) is 9.06. The number of carbonyl (C=O) groups excluding carboxylic acids is 1. The van der Waals surface area contributed by atoms with Gasteiger partial charge in [-0.1, -0.05) is 64.9 Å². The Morgan fingerprint density at radius 3 is 1.88 bits per heavy atom. The molecule has 25 heavy (non-hydrogen) atoms. The fourth-order valence-electron chi connectivity index (χ4n) is 5.12. The molecule has 2 rings (SSSR count). The molecule has 2 heteroatoms. The number of rotatable bonds is 9. The van der Waals surface area contributed by atoms with Crippen molar-refractivity contribution < 1.29 is 4.79 Å². The van der Waals surface area contributed by atoms with Crippen LogP contribution in [-0.2, 0) is 4.79 Å². The van der Waals surface area contributed by atoms with Crippen LogP contribution in [0.25, 0.3) is 0 Å². The molecule has 0 bridgehead atoms. The van der Waals surface area contributed by atoms with E-state index in [2.05, 4.69) is 18.8 Å². The number of unbranched alkanes of at least 4 members (excludes halogenated alkanes) is 2. The summed E-state index contributed by atoms with van der Waals surface area (Å²) in [5.41, 5.74) is 0.619. The van der Waals surface area contributed by atoms with Gasteiger partial charge in [0.15, 0.2) is 0 Å². The molecular weight excluding hydrogens is 306 g/mol. The Bertz CT molecular complexity index is 400. The van der Waals surface area contributed by atoms with Gasteiger partial charge in [-0.25, -0.2) is 0 Å². The Hall–Kier alpha value is -0.790. The number of carbonyl (C=O) groups is 1. The van der Waals surface area contributed by atoms with Crippen molar-refractivity contribution in [2.75, 3.05) is 6.54 Å². The third kappa shape index (κ3) is 7.15. The monoisotopic (exact) mass is 347 g/mol. The highest BCUT2D eigenvalue weighted by Gasteiger charge is 2.30. The quantitative estimate of drug-likeness (QED) is 0.387. The first-order valence-electron chi connectivity index (χ1n) is 11.0. The predicted molar refractivity (Wildman–Crippen MR) is 107 cm³/mol. The summed E-state index contributed by atoms with van der Waals surface area (Å²) in [5.74, 6) is 3.90. The molecule has 2 saturated carbocycles. The zero-order chi connectivity index (χ0) is 18.1. The van der Waals surface area contributed by atoms with E-state index in [-0.39, 0.29) is 5.91 Å². The topological polar surface area (TPSA) is 29.1 Å². The summed E-state index contributed by atoms with van der Waals surface area (Å²) in [5, 5.41) is 2.99. The normalized spacial score (nSPS) is 30.0. The summed E-state index contributed by atoms with van der Waals surface area (Å²) in [6.45, 7) is 8.60. The van der Waals surface area contributed by atoms with Crippen molar-refractivity contribution in [3.8, 4) is 0 Å². The van der Waals surface area contributed by atoms with Crippen molar-refractivity contribution in [2.24, 2.45) is 23.7 Å². The summed E-state index contributed by atoms with van der Waals surface area (Å²) in [4.78, 5) is 11.5. The molecule has 144 valence electrons. The van der Waals surface area contributed by atoms with Crippen LogP contribution in [0.1, 0.15) is 97.3 Å². The first-order chi connectivity index (χ1) is 12.1. The van der Waals surface area contributed by atoms with Crippen LogP contribution in [0.4, 0.5) is 0 Å². The van der Waals surface area contributed by atoms with Gasteiger partial charge in [-0.3, -0.25) is 4.79 Å². The van der Waals surface area contributed by atoms with Crippen LogP contribution in [0, 0.1) is 23.7 Å². The minimum Gasteiger partial charge on any atom is -0.352 e. The Balaban J connectivity index is 1.58. The van der Waals surface area contributed by atoms with Crippen LogP contribution in [-0.4, -0.2) is 12.5 Å². The van der Waals surface area contributed by atoms with E-state index in [4.69, 9.17) is 0 Å². The zero-order valence-corrected chi connectivity index (χ0v) is 16.8. The second-order valence-corrected chi connectivity index (χ2v) is 8.88. The summed E-state index contributed by atoms with van der Waals surface area (Å²) >= 11 is 0. The van der Waals surface area contributed by atoms with Crippen LogP contribution in [0.15, 0.2) is 12.2 Å². The van der Waals surface area contributed by atoms with E-state index >= 15 is 0 Å². The fourth-order valence-corrected chi connectivity index (χ4v) is 5.12. The average molecular weight is 348 g/mol. The van der Waals surface area contributed by atoms with E-state index in [9.17, 15) is 4.79 Å². The Morgan fingerprint density at radius 2 is 1.40 bits per heavy atom. The highest BCUT2D eigenvalue weighted by atomic mass is 16.1. The highest BCUT2D eigenvalue weighted by Crippen LogP contribution is 2.42. The van der Waals surface area contributed by atoms with Crippen LogP contribution in [0.3, 0.4) is 0 Å². The first kappa shape index (κ1) is 20.5. The van der Waals surface area contributed by atoms with Crippen molar-refractivity contribution in [2.45, 2.75) is 97.3 Å². The molecule has 2 nitrogen and oxygen atoms in total. The van der Waals surface area contributed by atoms with Gasteiger partial charge < -0.3 is 5.32 Å². The molecule has 1 N–H and O–H groups in total. The number of hydrogen-bond donors (Lipinski definition) is 1. The molecule has 0 saturated heterocycles. The van der Waals surface area contributed by atoms with E-state index in [0.29, 0.717) is 5.57 Å². The molecule has 1 amide bonds. The lowest BCUT2D eigenvalue weighted by Gasteiger charge is -2.38. The zero-order valence-electron chi connectivity index (χ0n) is 16.8. The minimum atomic E-state index is 0.0179. The van der Waals surface area contributed by atoms with Crippen LogP contribution in [0.2, 0.25) is 0 Å². The number of hydrogen-bond acceptors (Lipinski definition) is 1. The van der Waals surface area contributed by atoms with Gasteiger partial charge in [-0.2, -0.15) is 0 Å².